The number of allylic oxidation sites excluding steroid dienone is 4. The van der Waals surface area contributed by atoms with E-state index < -0.39 is 36.9 Å². The van der Waals surface area contributed by atoms with Crippen molar-refractivity contribution in [3.8, 4) is 0 Å². The van der Waals surface area contributed by atoms with E-state index in [0.29, 0.717) is 19.3 Å². The van der Waals surface area contributed by atoms with Crippen LogP contribution in [0, 0.1) is 0 Å². The number of aliphatic hydroxyl groups is 4. The van der Waals surface area contributed by atoms with Crippen LogP contribution in [0.1, 0.15) is 251 Å². The predicted octanol–water partition coefficient (Wildman–Crippen LogP) is 13.1. The second kappa shape index (κ2) is 43.9. The van der Waals surface area contributed by atoms with Crippen molar-refractivity contribution in [2.45, 2.75) is 276 Å². The number of aliphatic hydroxyl groups excluding tert-OH is 4. The zero-order valence-electron chi connectivity index (χ0n) is 36.7. The van der Waals surface area contributed by atoms with E-state index in [1.807, 2.05) is 0 Å². The minimum Gasteiger partial charge on any atom is -0.394 e. The number of hydrogen-bond donors (Lipinski definition) is 5. The summed E-state index contributed by atoms with van der Waals surface area (Å²) in [5.74, 6) is -0.595. The monoisotopic (exact) mass is 778 g/mol. The van der Waals surface area contributed by atoms with E-state index in [2.05, 4.69) is 43.5 Å². The molecule has 0 aromatic heterocycles. The normalized spacial score (nSPS) is 14.2. The molecule has 6 nitrogen and oxygen atoms in total. The third kappa shape index (κ3) is 38.1. The van der Waals surface area contributed by atoms with Crippen LogP contribution in [0.15, 0.2) is 24.3 Å². The van der Waals surface area contributed by atoms with Gasteiger partial charge in [0.1, 0.15) is 12.2 Å². The highest BCUT2D eigenvalue weighted by molar-refractivity contribution is 5.80. The van der Waals surface area contributed by atoms with Crippen LogP contribution in [0.4, 0.5) is 0 Å². The van der Waals surface area contributed by atoms with E-state index in [-0.39, 0.29) is 0 Å². The fourth-order valence-corrected chi connectivity index (χ4v) is 7.54. The molecule has 0 radical (unpaired) electrons. The third-order valence-electron chi connectivity index (χ3n) is 11.4. The second-order valence-electron chi connectivity index (χ2n) is 16.8. The molecule has 6 heteroatoms. The lowest BCUT2D eigenvalue weighted by Crippen LogP contribution is -2.53. The maximum absolute atomic E-state index is 12.5. The van der Waals surface area contributed by atoms with Crippen molar-refractivity contribution in [2.75, 3.05) is 6.61 Å². The van der Waals surface area contributed by atoms with Crippen molar-refractivity contribution in [2.24, 2.45) is 0 Å². The van der Waals surface area contributed by atoms with Gasteiger partial charge in [0.25, 0.3) is 0 Å². The van der Waals surface area contributed by atoms with E-state index in [4.69, 9.17) is 0 Å². The van der Waals surface area contributed by atoms with E-state index in [0.717, 1.165) is 38.5 Å². The summed E-state index contributed by atoms with van der Waals surface area (Å²) in [5.41, 5.74) is 0. The lowest BCUT2D eigenvalue weighted by atomic mass is 10.00. The van der Waals surface area contributed by atoms with Crippen molar-refractivity contribution < 1.29 is 25.2 Å². The molecule has 0 aromatic carbocycles. The molecule has 326 valence electrons. The Morgan fingerprint density at radius 3 is 1.15 bits per heavy atom. The maximum atomic E-state index is 12.5. The van der Waals surface area contributed by atoms with Crippen molar-refractivity contribution in [1.82, 2.24) is 5.32 Å². The average Bonchev–Trinajstić information content (AvgIpc) is 3.19. The first kappa shape index (κ1) is 53.8. The van der Waals surface area contributed by atoms with Gasteiger partial charge in [0.2, 0.25) is 5.91 Å². The molecule has 0 bridgehead atoms. The molecule has 0 heterocycles. The minimum absolute atomic E-state index is 0.363. The van der Waals surface area contributed by atoms with E-state index in [1.165, 1.54) is 180 Å². The van der Waals surface area contributed by atoms with Crippen molar-refractivity contribution in [1.29, 1.82) is 0 Å². The zero-order chi connectivity index (χ0) is 40.3. The minimum atomic E-state index is -1.29. The number of unbranched alkanes of at least 4 members (excludes halogenated alkanes) is 31. The maximum Gasteiger partial charge on any atom is 0.249 e. The van der Waals surface area contributed by atoms with Gasteiger partial charge < -0.3 is 25.7 Å². The molecule has 0 aliphatic carbocycles. The average molecular weight is 778 g/mol. The molecule has 0 fully saturated rings. The SMILES string of the molecule is CCCCCCCCCCCCCCCCCC/C=C/CC/C=C/CCCC(O)C(O)C(CO)NC(=O)C(O)CCCCCCCCCCCCCCCC. The molecule has 0 aliphatic heterocycles. The number of carbonyl (C=O) groups is 1. The number of amides is 1. The number of rotatable bonds is 44. The van der Waals surface area contributed by atoms with Gasteiger partial charge in [-0.15, -0.1) is 0 Å². The summed E-state index contributed by atoms with van der Waals surface area (Å²) in [7, 11) is 0. The molecule has 4 atom stereocenters. The molecule has 4 unspecified atom stereocenters. The summed E-state index contributed by atoms with van der Waals surface area (Å²) < 4.78 is 0. The first-order valence-corrected chi connectivity index (χ1v) is 24.2. The van der Waals surface area contributed by atoms with Crippen LogP contribution in [0.5, 0.6) is 0 Å². The Bertz CT molecular complexity index is 832. The van der Waals surface area contributed by atoms with Gasteiger partial charge in [-0.05, 0) is 51.4 Å². The number of nitrogens with one attached hydrogen (secondary N) is 1. The molecule has 1 amide bonds. The summed E-state index contributed by atoms with van der Waals surface area (Å²) in [6, 6.07) is -1.00. The van der Waals surface area contributed by atoms with Crippen molar-refractivity contribution in [3.63, 3.8) is 0 Å². The highest BCUT2D eigenvalue weighted by Gasteiger charge is 2.28. The van der Waals surface area contributed by atoms with Gasteiger partial charge in [-0.2, -0.15) is 0 Å². The molecule has 0 aromatic rings. The number of carbonyl (C=O) groups excluding carboxylic acids is 1. The van der Waals surface area contributed by atoms with Crippen LogP contribution in [-0.2, 0) is 4.79 Å². The summed E-state index contributed by atoms with van der Waals surface area (Å²) in [6.07, 6.45) is 50.8. The standard InChI is InChI=1S/C49H95NO5/c1-3-5-7-9-11-13-15-17-19-20-21-22-23-24-25-26-27-28-29-31-32-34-36-38-40-42-46(52)48(54)45(44-51)50-49(55)47(53)43-41-39-37-35-33-30-18-16-14-12-10-8-6-4-2/h28-29,34,36,45-48,51-54H,3-27,30-33,35,37-44H2,1-2H3,(H,50,55)/b29-28+,36-34+. The van der Waals surface area contributed by atoms with E-state index >= 15 is 0 Å². The van der Waals surface area contributed by atoms with E-state index in [9.17, 15) is 25.2 Å². The Balaban J connectivity index is 3.72. The predicted molar refractivity (Wildman–Crippen MR) is 237 cm³/mol. The highest BCUT2D eigenvalue weighted by atomic mass is 16.3. The smallest absolute Gasteiger partial charge is 0.249 e. The molecular formula is C49H95NO5. The molecule has 0 saturated heterocycles. The van der Waals surface area contributed by atoms with Crippen LogP contribution in [0.3, 0.4) is 0 Å². The highest BCUT2D eigenvalue weighted by Crippen LogP contribution is 2.16. The Labute approximate surface area is 342 Å². The lowest BCUT2D eigenvalue weighted by Gasteiger charge is -2.27. The fraction of sp³-hybridized carbons (Fsp3) is 0.898. The van der Waals surface area contributed by atoms with Gasteiger partial charge >= 0.3 is 0 Å². The van der Waals surface area contributed by atoms with Gasteiger partial charge in [-0.1, -0.05) is 224 Å². The molecule has 0 saturated carbocycles. The largest absolute Gasteiger partial charge is 0.394 e. The van der Waals surface area contributed by atoms with Crippen LogP contribution in [-0.4, -0.2) is 57.3 Å². The molecular weight excluding hydrogens is 683 g/mol. The van der Waals surface area contributed by atoms with E-state index in [1.54, 1.807) is 0 Å². The van der Waals surface area contributed by atoms with Crippen LogP contribution >= 0.6 is 0 Å². The van der Waals surface area contributed by atoms with Gasteiger partial charge in [0.15, 0.2) is 0 Å². The molecule has 0 spiro atoms. The Hall–Kier alpha value is -1.21. The van der Waals surface area contributed by atoms with Gasteiger partial charge in [-0.3, -0.25) is 4.79 Å². The Morgan fingerprint density at radius 1 is 0.436 bits per heavy atom. The number of hydrogen-bond acceptors (Lipinski definition) is 5. The van der Waals surface area contributed by atoms with Crippen LogP contribution in [0.25, 0.3) is 0 Å². The first-order valence-electron chi connectivity index (χ1n) is 24.2. The van der Waals surface area contributed by atoms with Gasteiger partial charge in [0, 0.05) is 0 Å². The molecule has 0 rings (SSSR count). The topological polar surface area (TPSA) is 110 Å². The Kier molecular flexibility index (Phi) is 42.9. The van der Waals surface area contributed by atoms with Crippen LogP contribution in [0.2, 0.25) is 0 Å². The molecule has 55 heavy (non-hydrogen) atoms. The lowest BCUT2D eigenvalue weighted by molar-refractivity contribution is -0.132. The van der Waals surface area contributed by atoms with Crippen molar-refractivity contribution >= 4 is 5.91 Å². The quantitative estimate of drug-likeness (QED) is 0.0313. The van der Waals surface area contributed by atoms with Crippen LogP contribution < -0.4 is 5.32 Å². The Morgan fingerprint density at radius 2 is 0.764 bits per heavy atom. The molecule has 0 aliphatic rings. The zero-order valence-corrected chi connectivity index (χ0v) is 36.7. The summed E-state index contributed by atoms with van der Waals surface area (Å²) in [4.78, 5) is 12.5. The summed E-state index contributed by atoms with van der Waals surface area (Å²) in [6.45, 7) is 4.05. The first-order chi connectivity index (χ1) is 27.0. The summed E-state index contributed by atoms with van der Waals surface area (Å²) in [5, 5.41) is 43.7. The van der Waals surface area contributed by atoms with Gasteiger partial charge in [0.05, 0.1) is 18.8 Å². The van der Waals surface area contributed by atoms with Gasteiger partial charge in [-0.25, -0.2) is 0 Å². The summed E-state index contributed by atoms with van der Waals surface area (Å²) >= 11 is 0. The third-order valence-corrected chi connectivity index (χ3v) is 11.4. The van der Waals surface area contributed by atoms with Crippen molar-refractivity contribution in [3.05, 3.63) is 24.3 Å². The fourth-order valence-electron chi connectivity index (χ4n) is 7.54. The second-order valence-corrected chi connectivity index (χ2v) is 16.8. The molecule has 5 N–H and O–H groups in total.